The largest absolute Gasteiger partial charge is 0.398 e. The quantitative estimate of drug-likeness (QED) is 0.763. The maximum atomic E-state index is 13.9. The number of unbranched alkanes of at least 4 members (excludes halogenated alkanes) is 1. The van der Waals surface area contributed by atoms with E-state index in [1.54, 1.807) is 0 Å². The highest BCUT2D eigenvalue weighted by Gasteiger charge is 2.15. The molecule has 0 radical (unpaired) electrons. The third-order valence-electron chi connectivity index (χ3n) is 2.89. The van der Waals surface area contributed by atoms with E-state index in [4.69, 9.17) is 11.5 Å². The average Bonchev–Trinajstić information content (AvgIpc) is 2.31. The standard InChI is InChI=1S/C13H20FN3O/c1-3-5-6-17(4-2)12-7-9(13(16)18)11(15)8-10(12)14/h7-8H,3-6,15H2,1-2H3,(H2,16,18). The average molecular weight is 253 g/mol. The van der Waals surface area contributed by atoms with Crippen molar-refractivity contribution in [1.29, 1.82) is 0 Å². The van der Waals surface area contributed by atoms with Gasteiger partial charge in [-0.25, -0.2) is 4.39 Å². The number of benzene rings is 1. The number of anilines is 2. The Morgan fingerprint density at radius 1 is 1.39 bits per heavy atom. The summed E-state index contributed by atoms with van der Waals surface area (Å²) in [4.78, 5) is 13.1. The van der Waals surface area contributed by atoms with Crippen molar-refractivity contribution in [3.05, 3.63) is 23.5 Å². The lowest BCUT2D eigenvalue weighted by Gasteiger charge is -2.24. The van der Waals surface area contributed by atoms with E-state index in [2.05, 4.69) is 6.92 Å². The Morgan fingerprint density at radius 3 is 2.56 bits per heavy atom. The molecule has 1 aromatic rings. The first-order valence-corrected chi connectivity index (χ1v) is 6.15. The number of amides is 1. The molecule has 0 atom stereocenters. The minimum absolute atomic E-state index is 0.0790. The van der Waals surface area contributed by atoms with Crippen LogP contribution in [0.3, 0.4) is 0 Å². The van der Waals surface area contributed by atoms with Crippen molar-refractivity contribution < 1.29 is 9.18 Å². The van der Waals surface area contributed by atoms with Crippen molar-refractivity contribution in [2.24, 2.45) is 5.73 Å². The zero-order valence-electron chi connectivity index (χ0n) is 10.9. The van der Waals surface area contributed by atoms with Gasteiger partial charge in [-0.15, -0.1) is 0 Å². The molecule has 100 valence electrons. The van der Waals surface area contributed by atoms with Crippen LogP contribution in [0.1, 0.15) is 37.0 Å². The maximum Gasteiger partial charge on any atom is 0.250 e. The van der Waals surface area contributed by atoms with Crippen molar-refractivity contribution in [3.8, 4) is 0 Å². The number of halogens is 1. The second-order valence-corrected chi connectivity index (χ2v) is 4.19. The minimum atomic E-state index is -0.639. The Labute approximate surface area is 107 Å². The number of hydrogen-bond donors (Lipinski definition) is 2. The predicted octanol–water partition coefficient (Wildman–Crippen LogP) is 2.13. The van der Waals surface area contributed by atoms with Crippen molar-refractivity contribution in [3.63, 3.8) is 0 Å². The molecular formula is C13H20FN3O. The van der Waals surface area contributed by atoms with Crippen LogP contribution in [0, 0.1) is 5.82 Å². The van der Waals surface area contributed by atoms with Gasteiger partial charge in [-0.1, -0.05) is 13.3 Å². The summed E-state index contributed by atoms with van der Waals surface area (Å²) in [5.74, 6) is -1.06. The van der Waals surface area contributed by atoms with Crippen LogP contribution < -0.4 is 16.4 Å². The van der Waals surface area contributed by atoms with Gasteiger partial charge in [0.25, 0.3) is 5.91 Å². The zero-order valence-corrected chi connectivity index (χ0v) is 10.9. The smallest absolute Gasteiger partial charge is 0.250 e. The molecule has 1 amide bonds. The van der Waals surface area contributed by atoms with E-state index in [1.165, 1.54) is 6.07 Å². The fourth-order valence-corrected chi connectivity index (χ4v) is 1.83. The molecule has 0 heterocycles. The van der Waals surface area contributed by atoms with Gasteiger partial charge in [0.15, 0.2) is 0 Å². The maximum absolute atomic E-state index is 13.9. The summed E-state index contributed by atoms with van der Waals surface area (Å²) in [7, 11) is 0. The molecule has 0 saturated heterocycles. The minimum Gasteiger partial charge on any atom is -0.398 e. The summed E-state index contributed by atoms with van der Waals surface area (Å²) in [5.41, 5.74) is 11.4. The number of nitrogens with two attached hydrogens (primary N) is 2. The van der Waals surface area contributed by atoms with Gasteiger partial charge in [0.1, 0.15) is 5.82 Å². The second kappa shape index (κ2) is 6.23. The molecule has 0 spiro atoms. The van der Waals surface area contributed by atoms with Crippen LogP contribution in [0.4, 0.5) is 15.8 Å². The number of carbonyl (C=O) groups excluding carboxylic acids is 1. The van der Waals surface area contributed by atoms with Crippen LogP contribution in [0.25, 0.3) is 0 Å². The molecule has 4 N–H and O–H groups in total. The molecule has 0 unspecified atom stereocenters. The van der Waals surface area contributed by atoms with Gasteiger partial charge in [-0.3, -0.25) is 4.79 Å². The van der Waals surface area contributed by atoms with Gasteiger partial charge in [-0.2, -0.15) is 0 Å². The lowest BCUT2D eigenvalue weighted by atomic mass is 10.1. The third kappa shape index (κ3) is 3.12. The Balaban J connectivity index is 3.13. The topological polar surface area (TPSA) is 72.3 Å². The molecule has 1 rings (SSSR count). The van der Waals surface area contributed by atoms with E-state index in [0.717, 1.165) is 25.5 Å². The summed E-state index contributed by atoms with van der Waals surface area (Å²) in [6.07, 6.45) is 1.99. The first kappa shape index (κ1) is 14.3. The Kier molecular flexibility index (Phi) is 4.95. The monoisotopic (exact) mass is 253 g/mol. The number of hydrogen-bond acceptors (Lipinski definition) is 3. The van der Waals surface area contributed by atoms with Gasteiger partial charge in [0.05, 0.1) is 11.3 Å². The van der Waals surface area contributed by atoms with E-state index in [9.17, 15) is 9.18 Å². The molecule has 4 nitrogen and oxygen atoms in total. The van der Waals surface area contributed by atoms with Crippen LogP contribution in [0.15, 0.2) is 12.1 Å². The molecule has 0 aliphatic rings. The first-order chi connectivity index (χ1) is 8.51. The van der Waals surface area contributed by atoms with E-state index in [-0.39, 0.29) is 11.3 Å². The van der Waals surface area contributed by atoms with Gasteiger partial charge >= 0.3 is 0 Å². The molecule has 0 fully saturated rings. The van der Waals surface area contributed by atoms with Crippen LogP contribution in [-0.4, -0.2) is 19.0 Å². The molecular weight excluding hydrogens is 233 g/mol. The zero-order chi connectivity index (χ0) is 13.7. The van der Waals surface area contributed by atoms with Crippen molar-refractivity contribution in [2.75, 3.05) is 23.7 Å². The lowest BCUT2D eigenvalue weighted by molar-refractivity contribution is 0.100. The van der Waals surface area contributed by atoms with E-state index >= 15 is 0 Å². The first-order valence-electron chi connectivity index (χ1n) is 6.15. The number of nitrogens with zero attached hydrogens (tertiary/aromatic N) is 1. The summed E-state index contributed by atoms with van der Waals surface area (Å²) < 4.78 is 13.9. The Hall–Kier alpha value is -1.78. The van der Waals surface area contributed by atoms with Crippen LogP contribution in [-0.2, 0) is 0 Å². The molecule has 5 heteroatoms. The van der Waals surface area contributed by atoms with Gasteiger partial charge in [0, 0.05) is 18.8 Å². The van der Waals surface area contributed by atoms with Gasteiger partial charge in [-0.05, 0) is 25.5 Å². The summed E-state index contributed by atoms with van der Waals surface area (Å²) in [6, 6.07) is 2.59. The van der Waals surface area contributed by atoms with Gasteiger partial charge in [0.2, 0.25) is 0 Å². The normalized spacial score (nSPS) is 10.4. The highest BCUT2D eigenvalue weighted by molar-refractivity contribution is 5.99. The van der Waals surface area contributed by atoms with Crippen LogP contribution in [0.5, 0.6) is 0 Å². The molecule has 0 saturated carbocycles. The fraction of sp³-hybridized carbons (Fsp3) is 0.462. The van der Waals surface area contributed by atoms with Crippen LogP contribution >= 0.6 is 0 Å². The van der Waals surface area contributed by atoms with Crippen LogP contribution in [0.2, 0.25) is 0 Å². The number of nitrogen functional groups attached to an aromatic ring is 1. The second-order valence-electron chi connectivity index (χ2n) is 4.19. The molecule has 0 bridgehead atoms. The van der Waals surface area contributed by atoms with Crippen molar-refractivity contribution in [1.82, 2.24) is 0 Å². The highest BCUT2D eigenvalue weighted by Crippen LogP contribution is 2.25. The lowest BCUT2D eigenvalue weighted by Crippen LogP contribution is -2.26. The molecule has 1 aromatic carbocycles. The number of rotatable bonds is 6. The fourth-order valence-electron chi connectivity index (χ4n) is 1.83. The van der Waals surface area contributed by atoms with Gasteiger partial charge < -0.3 is 16.4 Å². The van der Waals surface area contributed by atoms with E-state index in [1.807, 2.05) is 11.8 Å². The predicted molar refractivity (Wildman–Crippen MR) is 72.1 cm³/mol. The molecule has 0 aliphatic heterocycles. The molecule has 0 aliphatic carbocycles. The van der Waals surface area contributed by atoms with Crippen molar-refractivity contribution >= 4 is 17.3 Å². The Bertz CT molecular complexity index is 434. The molecule has 18 heavy (non-hydrogen) atoms. The summed E-state index contributed by atoms with van der Waals surface area (Å²) >= 11 is 0. The number of carbonyl (C=O) groups is 1. The highest BCUT2D eigenvalue weighted by atomic mass is 19.1. The molecule has 0 aromatic heterocycles. The summed E-state index contributed by atoms with van der Waals surface area (Å²) in [5, 5.41) is 0. The van der Waals surface area contributed by atoms with E-state index < -0.39 is 11.7 Å². The summed E-state index contributed by atoms with van der Waals surface area (Å²) in [6.45, 7) is 5.42. The number of primary amides is 1. The van der Waals surface area contributed by atoms with E-state index in [0.29, 0.717) is 12.2 Å². The Morgan fingerprint density at radius 2 is 2.06 bits per heavy atom. The van der Waals surface area contributed by atoms with Crippen molar-refractivity contribution in [2.45, 2.75) is 26.7 Å². The third-order valence-corrected chi connectivity index (χ3v) is 2.89. The SMILES string of the molecule is CCCCN(CC)c1cc(C(N)=O)c(N)cc1F.